The van der Waals surface area contributed by atoms with Crippen molar-refractivity contribution in [2.24, 2.45) is 5.92 Å². The first-order valence-electron chi connectivity index (χ1n) is 6.24. The first-order chi connectivity index (χ1) is 8.88. The van der Waals surface area contributed by atoms with Crippen LogP contribution in [0.1, 0.15) is 25.5 Å². The first-order valence-corrected chi connectivity index (χ1v) is 7.00. The van der Waals surface area contributed by atoms with Gasteiger partial charge in [-0.3, -0.25) is 4.79 Å². The van der Waals surface area contributed by atoms with Crippen LogP contribution in [-0.4, -0.2) is 31.4 Å². The van der Waals surface area contributed by atoms with E-state index < -0.39 is 0 Å². The molecule has 5 heteroatoms. The summed E-state index contributed by atoms with van der Waals surface area (Å²) in [5, 5.41) is 4.19. The molecule has 0 heterocycles. The van der Waals surface area contributed by atoms with Gasteiger partial charge in [-0.05, 0) is 31.7 Å². The van der Waals surface area contributed by atoms with Crippen molar-refractivity contribution in [1.29, 1.82) is 0 Å². The molecule has 0 aliphatic heterocycles. The van der Waals surface area contributed by atoms with Gasteiger partial charge in [0.25, 0.3) is 0 Å². The smallest absolute Gasteiger partial charge is 0.226 e. The second-order valence-electron chi connectivity index (χ2n) is 4.75. The number of carbonyl (C=O) groups is 1. The van der Waals surface area contributed by atoms with Gasteiger partial charge in [0.15, 0.2) is 0 Å². The first kappa shape index (κ1) is 16.3. The Kier molecular flexibility index (Phi) is 6.11. The lowest BCUT2D eigenvalue weighted by Gasteiger charge is -2.28. The predicted molar refractivity (Wildman–Crippen MR) is 80.7 cm³/mol. The molecule has 1 aromatic rings. The molecule has 0 aliphatic rings. The van der Waals surface area contributed by atoms with Gasteiger partial charge in [-0.2, -0.15) is 0 Å². The molecular weight excluding hydrogens is 283 g/mol. The normalized spacial score (nSPS) is 14.0. The van der Waals surface area contributed by atoms with Crippen molar-refractivity contribution < 1.29 is 4.79 Å². The molecule has 1 N–H and O–H groups in total. The van der Waals surface area contributed by atoms with Gasteiger partial charge in [-0.25, -0.2) is 0 Å². The summed E-state index contributed by atoms with van der Waals surface area (Å²) in [4.78, 5) is 14.0. The minimum absolute atomic E-state index is 0.0662. The SMILES string of the molecule is CNCC(C)C(=O)N(C)C(C)c1ccc(Cl)cc1Cl. The molecule has 2 atom stereocenters. The summed E-state index contributed by atoms with van der Waals surface area (Å²) >= 11 is 12.1. The average Bonchev–Trinajstić information content (AvgIpc) is 2.36. The number of halogens is 2. The van der Waals surface area contributed by atoms with Crippen LogP contribution in [0.15, 0.2) is 18.2 Å². The minimum Gasteiger partial charge on any atom is -0.339 e. The van der Waals surface area contributed by atoms with E-state index in [9.17, 15) is 4.79 Å². The number of rotatable bonds is 5. The van der Waals surface area contributed by atoms with E-state index in [2.05, 4.69) is 5.32 Å². The Balaban J connectivity index is 2.87. The van der Waals surface area contributed by atoms with Crippen LogP contribution in [0, 0.1) is 5.92 Å². The maximum atomic E-state index is 12.2. The standard InChI is InChI=1S/C14H20Cl2N2O/c1-9(8-17-3)14(19)18(4)10(2)12-6-5-11(15)7-13(12)16/h5-7,9-10,17H,8H2,1-4H3. The summed E-state index contributed by atoms with van der Waals surface area (Å²) in [5.41, 5.74) is 0.901. The number of nitrogens with one attached hydrogen (secondary N) is 1. The van der Waals surface area contributed by atoms with Crippen molar-refractivity contribution in [3.8, 4) is 0 Å². The van der Waals surface area contributed by atoms with Crippen LogP contribution in [0.4, 0.5) is 0 Å². The van der Waals surface area contributed by atoms with Gasteiger partial charge < -0.3 is 10.2 Å². The van der Waals surface area contributed by atoms with Crippen LogP contribution in [0.2, 0.25) is 10.0 Å². The van der Waals surface area contributed by atoms with Gasteiger partial charge in [0.05, 0.1) is 6.04 Å². The molecule has 1 amide bonds. The maximum absolute atomic E-state index is 12.2. The molecule has 0 fully saturated rings. The summed E-state index contributed by atoms with van der Waals surface area (Å²) in [6.45, 7) is 4.52. The third-order valence-corrected chi connectivity index (χ3v) is 3.84. The van der Waals surface area contributed by atoms with Crippen LogP contribution in [0.5, 0.6) is 0 Å². The highest BCUT2D eigenvalue weighted by atomic mass is 35.5. The quantitative estimate of drug-likeness (QED) is 0.904. The molecule has 2 unspecified atom stereocenters. The molecule has 106 valence electrons. The van der Waals surface area contributed by atoms with Crippen LogP contribution in [-0.2, 0) is 4.79 Å². The van der Waals surface area contributed by atoms with E-state index in [4.69, 9.17) is 23.2 Å². The summed E-state index contributed by atoms with van der Waals surface area (Å²) in [6.07, 6.45) is 0. The lowest BCUT2D eigenvalue weighted by molar-refractivity contribution is -0.135. The molecule has 1 rings (SSSR count). The zero-order chi connectivity index (χ0) is 14.6. The van der Waals surface area contributed by atoms with Gasteiger partial charge >= 0.3 is 0 Å². The molecule has 3 nitrogen and oxygen atoms in total. The Morgan fingerprint density at radius 3 is 2.53 bits per heavy atom. The third-order valence-electron chi connectivity index (χ3n) is 3.27. The Hall–Kier alpha value is -0.770. The Morgan fingerprint density at radius 1 is 1.37 bits per heavy atom. The maximum Gasteiger partial charge on any atom is 0.226 e. The third kappa shape index (κ3) is 4.10. The van der Waals surface area contributed by atoms with Gasteiger partial charge in [-0.1, -0.05) is 36.2 Å². The van der Waals surface area contributed by atoms with E-state index in [1.165, 1.54) is 0 Å². The molecule has 0 aromatic heterocycles. The van der Waals surface area contributed by atoms with E-state index in [0.717, 1.165) is 5.56 Å². The summed E-state index contributed by atoms with van der Waals surface area (Å²) in [6, 6.07) is 5.26. The van der Waals surface area contributed by atoms with Gasteiger partial charge in [0.2, 0.25) is 5.91 Å². The molecule has 0 saturated heterocycles. The highest BCUT2D eigenvalue weighted by molar-refractivity contribution is 6.35. The van der Waals surface area contributed by atoms with Gasteiger partial charge in [0, 0.05) is 29.6 Å². The Bertz CT molecular complexity index is 451. The van der Waals surface area contributed by atoms with Crippen molar-refractivity contribution in [3.63, 3.8) is 0 Å². The molecule has 0 aliphatic carbocycles. The largest absolute Gasteiger partial charge is 0.339 e. The van der Waals surface area contributed by atoms with Crippen LogP contribution >= 0.6 is 23.2 Å². The van der Waals surface area contributed by atoms with Crippen LogP contribution < -0.4 is 5.32 Å². The summed E-state index contributed by atoms with van der Waals surface area (Å²) < 4.78 is 0. The zero-order valence-corrected chi connectivity index (χ0v) is 13.2. The Labute approximate surface area is 124 Å². The molecule has 0 saturated carbocycles. The molecule has 0 spiro atoms. The number of nitrogens with zero attached hydrogens (tertiary/aromatic N) is 1. The van der Waals surface area contributed by atoms with E-state index in [0.29, 0.717) is 16.6 Å². The molecule has 0 radical (unpaired) electrons. The molecular formula is C14H20Cl2N2O. The fourth-order valence-electron chi connectivity index (χ4n) is 1.98. The summed E-state index contributed by atoms with van der Waals surface area (Å²) in [5.74, 6) is 0.0244. The van der Waals surface area contributed by atoms with Crippen molar-refractivity contribution in [1.82, 2.24) is 10.2 Å². The fourth-order valence-corrected chi connectivity index (χ4v) is 2.55. The van der Waals surface area contributed by atoms with Crippen molar-refractivity contribution >= 4 is 29.1 Å². The second-order valence-corrected chi connectivity index (χ2v) is 5.59. The molecule has 1 aromatic carbocycles. The Morgan fingerprint density at radius 2 is 2.00 bits per heavy atom. The number of amides is 1. The molecule has 0 bridgehead atoms. The molecule has 19 heavy (non-hydrogen) atoms. The van der Waals surface area contributed by atoms with Crippen molar-refractivity contribution in [2.75, 3.05) is 20.6 Å². The second kappa shape index (κ2) is 7.13. The lowest BCUT2D eigenvalue weighted by atomic mass is 10.0. The minimum atomic E-state index is -0.0865. The highest BCUT2D eigenvalue weighted by Crippen LogP contribution is 2.29. The average molecular weight is 303 g/mol. The lowest BCUT2D eigenvalue weighted by Crippen LogP contribution is -2.37. The predicted octanol–water partition coefficient (Wildman–Crippen LogP) is 3.37. The topological polar surface area (TPSA) is 32.3 Å². The summed E-state index contributed by atoms with van der Waals surface area (Å²) in [7, 11) is 3.63. The zero-order valence-electron chi connectivity index (χ0n) is 11.7. The number of carbonyl (C=O) groups excluding carboxylic acids is 1. The van der Waals surface area contributed by atoms with E-state index >= 15 is 0 Å². The van der Waals surface area contributed by atoms with Crippen molar-refractivity contribution in [2.45, 2.75) is 19.9 Å². The van der Waals surface area contributed by atoms with Crippen molar-refractivity contribution in [3.05, 3.63) is 33.8 Å². The fraction of sp³-hybridized carbons (Fsp3) is 0.500. The van der Waals surface area contributed by atoms with Gasteiger partial charge in [-0.15, -0.1) is 0 Å². The number of hydrogen-bond acceptors (Lipinski definition) is 2. The number of benzene rings is 1. The van der Waals surface area contributed by atoms with E-state index in [-0.39, 0.29) is 17.9 Å². The van der Waals surface area contributed by atoms with Crippen LogP contribution in [0.25, 0.3) is 0 Å². The number of hydrogen-bond donors (Lipinski definition) is 1. The monoisotopic (exact) mass is 302 g/mol. The van der Waals surface area contributed by atoms with E-state index in [1.54, 1.807) is 24.1 Å². The van der Waals surface area contributed by atoms with Crippen LogP contribution in [0.3, 0.4) is 0 Å². The van der Waals surface area contributed by atoms with E-state index in [1.807, 2.05) is 27.0 Å². The highest BCUT2D eigenvalue weighted by Gasteiger charge is 2.23. The van der Waals surface area contributed by atoms with Gasteiger partial charge in [0.1, 0.15) is 0 Å².